The Morgan fingerprint density at radius 1 is 1.67 bits per heavy atom. The Labute approximate surface area is 70.7 Å². The molecule has 0 aliphatic carbocycles. The highest BCUT2D eigenvalue weighted by molar-refractivity contribution is 5.76. The lowest BCUT2D eigenvalue weighted by atomic mass is 10.1. The molecular formula is C7H13N3O2. The highest BCUT2D eigenvalue weighted by atomic mass is 16.2. The van der Waals surface area contributed by atoms with E-state index in [1.165, 1.54) is 0 Å². The van der Waals surface area contributed by atoms with Crippen molar-refractivity contribution in [2.75, 3.05) is 6.54 Å². The Balaban J connectivity index is 2.35. The molecule has 0 aromatic rings. The number of amides is 3. The molecule has 0 saturated carbocycles. The van der Waals surface area contributed by atoms with E-state index in [0.29, 0.717) is 13.0 Å². The normalized spacial score (nSPS) is 24.0. The van der Waals surface area contributed by atoms with Gasteiger partial charge in [-0.25, -0.2) is 4.79 Å². The van der Waals surface area contributed by atoms with Gasteiger partial charge >= 0.3 is 6.03 Å². The van der Waals surface area contributed by atoms with Gasteiger partial charge in [0.1, 0.15) is 0 Å². The minimum absolute atomic E-state index is 0.00560. The maximum atomic E-state index is 10.9. The number of nitrogens with two attached hydrogens (primary N) is 1. The molecule has 1 saturated heterocycles. The van der Waals surface area contributed by atoms with E-state index < -0.39 is 6.03 Å². The number of nitrogens with one attached hydrogen (secondary N) is 2. The summed E-state index contributed by atoms with van der Waals surface area (Å²) in [4.78, 5) is 21.3. The van der Waals surface area contributed by atoms with Crippen molar-refractivity contribution in [2.45, 2.75) is 25.3 Å². The largest absolute Gasteiger partial charge is 0.354 e. The molecule has 4 N–H and O–H groups in total. The van der Waals surface area contributed by atoms with Gasteiger partial charge in [0.05, 0.1) is 0 Å². The highest BCUT2D eigenvalue weighted by Gasteiger charge is 2.15. The fourth-order valence-electron chi connectivity index (χ4n) is 1.26. The Hall–Kier alpha value is -1.26. The van der Waals surface area contributed by atoms with Gasteiger partial charge in [-0.05, 0) is 12.8 Å². The number of rotatable bonds is 1. The second-order valence-electron chi connectivity index (χ2n) is 2.90. The van der Waals surface area contributed by atoms with Crippen LogP contribution in [0.5, 0.6) is 0 Å². The van der Waals surface area contributed by atoms with Crippen LogP contribution < -0.4 is 16.4 Å². The minimum atomic E-state index is -0.531. The molecule has 68 valence electrons. The van der Waals surface area contributed by atoms with E-state index in [-0.39, 0.29) is 11.9 Å². The molecule has 0 aromatic carbocycles. The smallest absolute Gasteiger partial charge is 0.312 e. The lowest BCUT2D eigenvalue weighted by molar-refractivity contribution is -0.120. The molecule has 0 spiro atoms. The summed E-state index contributed by atoms with van der Waals surface area (Å²) in [6, 6.07) is -0.537. The molecule has 1 aliphatic heterocycles. The molecule has 0 radical (unpaired) electrons. The van der Waals surface area contributed by atoms with Gasteiger partial charge in [-0.3, -0.25) is 4.79 Å². The van der Waals surface area contributed by atoms with Gasteiger partial charge in [0, 0.05) is 19.0 Å². The minimum Gasteiger partial charge on any atom is -0.354 e. The lowest BCUT2D eigenvalue weighted by Crippen LogP contribution is -2.44. The van der Waals surface area contributed by atoms with E-state index in [0.717, 1.165) is 12.8 Å². The standard InChI is InChI=1S/C7H13N3O2/c8-7(12)10-5-2-1-3-6(11)9-4-5/h5H,1-4H2,(H,9,11)(H3,8,10,12). The summed E-state index contributed by atoms with van der Waals surface area (Å²) in [5, 5.41) is 5.26. The Kier molecular flexibility index (Phi) is 2.90. The SMILES string of the molecule is NC(=O)NC1CCCC(=O)NC1. The number of urea groups is 1. The average Bonchev–Trinajstić information content (AvgIpc) is 2.15. The molecule has 1 aliphatic rings. The lowest BCUT2D eigenvalue weighted by Gasteiger charge is -2.13. The zero-order valence-electron chi connectivity index (χ0n) is 6.80. The summed E-state index contributed by atoms with van der Waals surface area (Å²) in [5.41, 5.74) is 4.95. The number of hydrogen-bond donors (Lipinski definition) is 3. The van der Waals surface area contributed by atoms with Gasteiger partial charge in [0.25, 0.3) is 0 Å². The Morgan fingerprint density at radius 3 is 3.08 bits per heavy atom. The first-order chi connectivity index (χ1) is 5.68. The van der Waals surface area contributed by atoms with Crippen molar-refractivity contribution in [3.63, 3.8) is 0 Å². The molecule has 0 bridgehead atoms. The average molecular weight is 171 g/mol. The quantitative estimate of drug-likeness (QED) is 0.488. The highest BCUT2D eigenvalue weighted by Crippen LogP contribution is 2.04. The maximum absolute atomic E-state index is 10.9. The van der Waals surface area contributed by atoms with E-state index in [4.69, 9.17) is 5.73 Å². The summed E-state index contributed by atoms with van der Waals surface area (Å²) < 4.78 is 0. The van der Waals surface area contributed by atoms with E-state index >= 15 is 0 Å². The van der Waals surface area contributed by atoms with Crippen LogP contribution in [0.4, 0.5) is 4.79 Å². The number of hydrogen-bond acceptors (Lipinski definition) is 2. The first-order valence-electron chi connectivity index (χ1n) is 4.01. The molecule has 3 amide bonds. The third-order valence-corrected chi connectivity index (χ3v) is 1.85. The molecule has 1 rings (SSSR count). The molecule has 1 atom stereocenters. The van der Waals surface area contributed by atoms with E-state index in [1.807, 2.05) is 0 Å². The van der Waals surface area contributed by atoms with Crippen molar-refractivity contribution in [2.24, 2.45) is 5.73 Å². The van der Waals surface area contributed by atoms with Crippen molar-refractivity contribution in [1.82, 2.24) is 10.6 Å². The molecule has 5 nitrogen and oxygen atoms in total. The van der Waals surface area contributed by atoms with Gasteiger partial charge < -0.3 is 16.4 Å². The summed E-state index contributed by atoms with van der Waals surface area (Å²) in [5.74, 6) is 0.0452. The van der Waals surface area contributed by atoms with Crippen LogP contribution in [-0.4, -0.2) is 24.5 Å². The van der Waals surface area contributed by atoms with Crippen molar-refractivity contribution in [3.05, 3.63) is 0 Å². The van der Waals surface area contributed by atoms with Crippen molar-refractivity contribution in [3.8, 4) is 0 Å². The molecule has 0 aromatic heterocycles. The van der Waals surface area contributed by atoms with Crippen molar-refractivity contribution < 1.29 is 9.59 Å². The van der Waals surface area contributed by atoms with Gasteiger partial charge in [-0.15, -0.1) is 0 Å². The van der Waals surface area contributed by atoms with Gasteiger partial charge in [0.15, 0.2) is 0 Å². The first kappa shape index (κ1) is 8.83. The fourth-order valence-corrected chi connectivity index (χ4v) is 1.26. The Bertz CT molecular complexity index is 193. The van der Waals surface area contributed by atoms with E-state index in [2.05, 4.69) is 10.6 Å². The summed E-state index contributed by atoms with van der Waals surface area (Å²) in [7, 11) is 0. The molecule has 1 fully saturated rings. The van der Waals surface area contributed by atoms with E-state index in [1.54, 1.807) is 0 Å². The topological polar surface area (TPSA) is 84.2 Å². The van der Waals surface area contributed by atoms with Crippen LogP contribution in [-0.2, 0) is 4.79 Å². The van der Waals surface area contributed by atoms with Crippen LogP contribution in [0.1, 0.15) is 19.3 Å². The van der Waals surface area contributed by atoms with Gasteiger partial charge in [0.2, 0.25) is 5.91 Å². The van der Waals surface area contributed by atoms with Crippen LogP contribution in [0, 0.1) is 0 Å². The number of primary amides is 1. The zero-order chi connectivity index (χ0) is 8.97. The van der Waals surface area contributed by atoms with Crippen LogP contribution in [0.25, 0.3) is 0 Å². The Morgan fingerprint density at radius 2 is 2.42 bits per heavy atom. The van der Waals surface area contributed by atoms with Crippen LogP contribution >= 0.6 is 0 Å². The predicted octanol–water partition coefficient (Wildman–Crippen LogP) is -0.677. The van der Waals surface area contributed by atoms with Crippen LogP contribution in [0.15, 0.2) is 0 Å². The summed E-state index contributed by atoms with van der Waals surface area (Å²) in [6.07, 6.45) is 2.15. The van der Waals surface area contributed by atoms with Crippen molar-refractivity contribution in [1.29, 1.82) is 0 Å². The third kappa shape index (κ3) is 2.77. The predicted molar refractivity (Wildman–Crippen MR) is 43.4 cm³/mol. The number of carbonyl (C=O) groups is 2. The summed E-state index contributed by atoms with van der Waals surface area (Å²) in [6.45, 7) is 0.488. The van der Waals surface area contributed by atoms with Crippen LogP contribution in [0.3, 0.4) is 0 Å². The maximum Gasteiger partial charge on any atom is 0.312 e. The van der Waals surface area contributed by atoms with Crippen LogP contribution in [0.2, 0.25) is 0 Å². The molecule has 5 heteroatoms. The van der Waals surface area contributed by atoms with Gasteiger partial charge in [-0.1, -0.05) is 0 Å². The monoisotopic (exact) mass is 171 g/mol. The molecule has 1 heterocycles. The fraction of sp³-hybridized carbons (Fsp3) is 0.714. The number of carbonyl (C=O) groups excluding carboxylic acids is 2. The summed E-state index contributed by atoms with van der Waals surface area (Å²) >= 11 is 0. The van der Waals surface area contributed by atoms with E-state index in [9.17, 15) is 9.59 Å². The van der Waals surface area contributed by atoms with Gasteiger partial charge in [-0.2, -0.15) is 0 Å². The molecule has 1 unspecified atom stereocenters. The molecule has 12 heavy (non-hydrogen) atoms. The van der Waals surface area contributed by atoms with Crippen molar-refractivity contribution >= 4 is 11.9 Å². The second kappa shape index (κ2) is 3.94. The molecular weight excluding hydrogens is 158 g/mol. The first-order valence-corrected chi connectivity index (χ1v) is 4.01. The second-order valence-corrected chi connectivity index (χ2v) is 2.90. The zero-order valence-corrected chi connectivity index (χ0v) is 6.80. The third-order valence-electron chi connectivity index (χ3n) is 1.85.